The third kappa shape index (κ3) is 3.49. The van der Waals surface area contributed by atoms with Crippen molar-refractivity contribution in [3.8, 4) is 0 Å². The lowest BCUT2D eigenvalue weighted by Gasteiger charge is -2.11. The van der Waals surface area contributed by atoms with Crippen molar-refractivity contribution in [2.45, 2.75) is 25.8 Å². The zero-order valence-electron chi connectivity index (χ0n) is 11.7. The number of carbonyl (C=O) groups excluding carboxylic acids is 1. The molecule has 0 radical (unpaired) electrons. The van der Waals surface area contributed by atoms with Crippen LogP contribution < -0.4 is 5.32 Å². The summed E-state index contributed by atoms with van der Waals surface area (Å²) >= 11 is 3.33. The number of hydrogen-bond donors (Lipinski definition) is 1. The molecular weight excluding hydrogens is 300 g/mol. The zero-order valence-corrected chi connectivity index (χ0v) is 13.3. The highest BCUT2D eigenvalue weighted by atomic mass is 32.1. The molecule has 0 saturated carbocycles. The molecule has 0 aliphatic carbocycles. The monoisotopic (exact) mass is 316 g/mol. The summed E-state index contributed by atoms with van der Waals surface area (Å²) in [5.74, 6) is 0.0788. The summed E-state index contributed by atoms with van der Waals surface area (Å²) in [6, 6.07) is 12.2. The SMILES string of the molecule is CC(NC(=O)CCc1nc2ccccc2s1)c1cccs1. The molecule has 0 saturated heterocycles. The van der Waals surface area contributed by atoms with Gasteiger partial charge in [-0.15, -0.1) is 22.7 Å². The van der Waals surface area contributed by atoms with Gasteiger partial charge in [0.2, 0.25) is 5.91 Å². The standard InChI is InChI=1S/C16H16N2OS2/c1-11(13-7-4-10-20-13)17-15(19)8-9-16-18-12-5-2-3-6-14(12)21-16/h2-7,10-11H,8-9H2,1H3,(H,17,19). The van der Waals surface area contributed by atoms with Crippen LogP contribution in [-0.2, 0) is 11.2 Å². The Morgan fingerprint density at radius 1 is 1.29 bits per heavy atom. The van der Waals surface area contributed by atoms with Gasteiger partial charge in [-0.25, -0.2) is 4.98 Å². The number of thiazole rings is 1. The third-order valence-electron chi connectivity index (χ3n) is 3.25. The van der Waals surface area contributed by atoms with Gasteiger partial charge in [-0.3, -0.25) is 4.79 Å². The molecule has 1 N–H and O–H groups in total. The van der Waals surface area contributed by atoms with Crippen molar-refractivity contribution in [1.82, 2.24) is 10.3 Å². The van der Waals surface area contributed by atoms with Gasteiger partial charge in [0, 0.05) is 17.7 Å². The van der Waals surface area contributed by atoms with Gasteiger partial charge in [0.1, 0.15) is 0 Å². The van der Waals surface area contributed by atoms with Crippen LogP contribution in [0.1, 0.15) is 29.3 Å². The van der Waals surface area contributed by atoms with Gasteiger partial charge in [0.05, 0.1) is 21.3 Å². The number of fused-ring (bicyclic) bond motifs is 1. The van der Waals surface area contributed by atoms with Crippen molar-refractivity contribution >= 4 is 38.8 Å². The van der Waals surface area contributed by atoms with Crippen molar-refractivity contribution < 1.29 is 4.79 Å². The number of hydrogen-bond acceptors (Lipinski definition) is 4. The predicted octanol–water partition coefficient (Wildman–Crippen LogP) is 4.17. The summed E-state index contributed by atoms with van der Waals surface area (Å²) in [5.41, 5.74) is 1.02. The van der Waals surface area contributed by atoms with Crippen LogP contribution in [0.2, 0.25) is 0 Å². The number of aromatic nitrogens is 1. The number of thiophene rings is 1. The Balaban J connectivity index is 1.56. The predicted molar refractivity (Wildman–Crippen MR) is 88.8 cm³/mol. The van der Waals surface area contributed by atoms with Gasteiger partial charge in [0.25, 0.3) is 0 Å². The minimum absolute atomic E-state index is 0.0767. The first-order valence-electron chi connectivity index (χ1n) is 6.89. The number of nitrogens with zero attached hydrogens (tertiary/aromatic N) is 1. The molecule has 0 spiro atoms. The van der Waals surface area contributed by atoms with E-state index in [1.165, 1.54) is 9.58 Å². The van der Waals surface area contributed by atoms with Gasteiger partial charge < -0.3 is 5.32 Å². The van der Waals surface area contributed by atoms with Crippen molar-refractivity contribution in [2.24, 2.45) is 0 Å². The second-order valence-corrected chi connectivity index (χ2v) is 6.97. The largest absolute Gasteiger partial charge is 0.349 e. The molecular formula is C16H16N2OS2. The fourth-order valence-corrected chi connectivity index (χ4v) is 3.87. The summed E-state index contributed by atoms with van der Waals surface area (Å²) in [4.78, 5) is 17.7. The van der Waals surface area contributed by atoms with Crippen LogP contribution >= 0.6 is 22.7 Å². The van der Waals surface area contributed by atoms with E-state index in [9.17, 15) is 4.79 Å². The lowest BCUT2D eigenvalue weighted by molar-refractivity contribution is -0.121. The Hall–Kier alpha value is -1.72. The van der Waals surface area contributed by atoms with Crippen molar-refractivity contribution in [3.05, 3.63) is 51.7 Å². The third-order valence-corrected chi connectivity index (χ3v) is 5.40. The van der Waals surface area contributed by atoms with Gasteiger partial charge in [-0.2, -0.15) is 0 Å². The molecule has 3 nitrogen and oxygen atoms in total. The molecule has 1 unspecified atom stereocenters. The normalized spacial score (nSPS) is 12.4. The van der Waals surface area contributed by atoms with E-state index in [0.717, 1.165) is 10.5 Å². The summed E-state index contributed by atoms with van der Waals surface area (Å²) in [7, 11) is 0. The van der Waals surface area contributed by atoms with Crippen molar-refractivity contribution in [1.29, 1.82) is 0 Å². The summed E-state index contributed by atoms with van der Waals surface area (Å²) in [6.45, 7) is 2.02. The van der Waals surface area contributed by atoms with Gasteiger partial charge in [-0.05, 0) is 30.5 Å². The van der Waals surface area contributed by atoms with Crippen LogP contribution in [-0.4, -0.2) is 10.9 Å². The fourth-order valence-electron chi connectivity index (χ4n) is 2.17. The van der Waals surface area contributed by atoms with E-state index in [1.807, 2.05) is 42.6 Å². The van der Waals surface area contributed by atoms with Crippen LogP contribution in [0.15, 0.2) is 41.8 Å². The molecule has 5 heteroatoms. The van der Waals surface area contributed by atoms with Crippen LogP contribution in [0.5, 0.6) is 0 Å². The number of aryl methyl sites for hydroxylation is 1. The van der Waals surface area contributed by atoms with E-state index in [1.54, 1.807) is 22.7 Å². The number of benzene rings is 1. The molecule has 2 heterocycles. The Bertz CT molecular complexity index is 701. The highest BCUT2D eigenvalue weighted by Crippen LogP contribution is 2.23. The lowest BCUT2D eigenvalue weighted by atomic mass is 10.2. The highest BCUT2D eigenvalue weighted by molar-refractivity contribution is 7.18. The molecule has 3 rings (SSSR count). The average molecular weight is 316 g/mol. The maximum absolute atomic E-state index is 12.0. The number of carbonyl (C=O) groups is 1. The summed E-state index contributed by atoms with van der Waals surface area (Å²) in [5, 5.41) is 6.08. The van der Waals surface area contributed by atoms with Gasteiger partial charge >= 0.3 is 0 Å². The van der Waals surface area contributed by atoms with E-state index < -0.39 is 0 Å². The maximum Gasteiger partial charge on any atom is 0.220 e. The Morgan fingerprint density at radius 3 is 2.90 bits per heavy atom. The molecule has 0 aliphatic heterocycles. The Kier molecular flexibility index (Phi) is 4.31. The van der Waals surface area contributed by atoms with Crippen LogP contribution in [0.3, 0.4) is 0 Å². The number of para-hydroxylation sites is 1. The average Bonchev–Trinajstić information content (AvgIpc) is 3.14. The smallest absolute Gasteiger partial charge is 0.220 e. The number of amides is 1. The minimum atomic E-state index is 0.0767. The first-order chi connectivity index (χ1) is 10.2. The van der Waals surface area contributed by atoms with Crippen LogP contribution in [0.4, 0.5) is 0 Å². The maximum atomic E-state index is 12.0. The molecule has 108 valence electrons. The van der Waals surface area contributed by atoms with Crippen LogP contribution in [0.25, 0.3) is 10.2 Å². The van der Waals surface area contributed by atoms with Gasteiger partial charge in [0.15, 0.2) is 0 Å². The van der Waals surface area contributed by atoms with Crippen molar-refractivity contribution in [3.63, 3.8) is 0 Å². The zero-order chi connectivity index (χ0) is 14.7. The van der Waals surface area contributed by atoms with E-state index in [4.69, 9.17) is 0 Å². The molecule has 3 aromatic rings. The highest BCUT2D eigenvalue weighted by Gasteiger charge is 2.11. The lowest BCUT2D eigenvalue weighted by Crippen LogP contribution is -2.26. The second kappa shape index (κ2) is 6.37. The number of nitrogens with one attached hydrogen (secondary N) is 1. The molecule has 0 aliphatic rings. The molecule has 1 aromatic carbocycles. The minimum Gasteiger partial charge on any atom is -0.349 e. The first kappa shape index (κ1) is 14.2. The van der Waals surface area contributed by atoms with E-state index in [-0.39, 0.29) is 11.9 Å². The molecule has 1 amide bonds. The first-order valence-corrected chi connectivity index (χ1v) is 8.59. The molecule has 21 heavy (non-hydrogen) atoms. The van der Waals surface area contributed by atoms with E-state index in [2.05, 4.69) is 16.4 Å². The van der Waals surface area contributed by atoms with Crippen molar-refractivity contribution in [2.75, 3.05) is 0 Å². The van der Waals surface area contributed by atoms with Crippen LogP contribution in [0, 0.1) is 0 Å². The summed E-state index contributed by atoms with van der Waals surface area (Å²) in [6.07, 6.45) is 1.18. The fraction of sp³-hybridized carbons (Fsp3) is 0.250. The van der Waals surface area contributed by atoms with Gasteiger partial charge in [-0.1, -0.05) is 18.2 Å². The van der Waals surface area contributed by atoms with E-state index in [0.29, 0.717) is 12.8 Å². The van der Waals surface area contributed by atoms with E-state index >= 15 is 0 Å². The number of rotatable bonds is 5. The summed E-state index contributed by atoms with van der Waals surface area (Å²) < 4.78 is 1.18. The Labute approximate surface area is 131 Å². The topological polar surface area (TPSA) is 42.0 Å². The molecule has 0 bridgehead atoms. The second-order valence-electron chi connectivity index (χ2n) is 4.88. The molecule has 2 aromatic heterocycles. The Morgan fingerprint density at radius 2 is 2.14 bits per heavy atom. The molecule has 1 atom stereocenters. The quantitative estimate of drug-likeness (QED) is 0.767. The molecule has 0 fully saturated rings.